The monoisotopic (exact) mass is 133 g/mol. The molecule has 0 rings (SSSR count). The standard InChI is InChI=1S/C5H8ClNO/c1-2-5-8-7-4-3-6/h2,4H,1,3,5H2. The van der Waals surface area contributed by atoms with Gasteiger partial charge >= 0.3 is 0 Å². The Bertz CT molecular complexity index is 82.5. The molecule has 0 aromatic carbocycles. The molecule has 0 aromatic rings. The van der Waals surface area contributed by atoms with Crippen molar-refractivity contribution < 1.29 is 4.84 Å². The third-order valence-electron chi connectivity index (χ3n) is 0.410. The number of rotatable bonds is 4. The van der Waals surface area contributed by atoms with E-state index in [0.717, 1.165) is 0 Å². The molecule has 0 unspecified atom stereocenters. The molecule has 0 aliphatic heterocycles. The highest BCUT2D eigenvalue weighted by molar-refractivity contribution is 6.24. The van der Waals surface area contributed by atoms with E-state index < -0.39 is 0 Å². The van der Waals surface area contributed by atoms with Gasteiger partial charge in [-0.25, -0.2) is 0 Å². The van der Waals surface area contributed by atoms with Crippen LogP contribution in [0.4, 0.5) is 0 Å². The molecular weight excluding hydrogens is 126 g/mol. The largest absolute Gasteiger partial charge is 0.392 e. The topological polar surface area (TPSA) is 21.6 Å². The van der Waals surface area contributed by atoms with Crippen molar-refractivity contribution in [2.75, 3.05) is 12.5 Å². The van der Waals surface area contributed by atoms with E-state index in [9.17, 15) is 0 Å². The molecule has 0 aromatic heterocycles. The second-order valence-electron chi connectivity index (χ2n) is 1.03. The van der Waals surface area contributed by atoms with Gasteiger partial charge in [0.1, 0.15) is 6.61 Å². The zero-order chi connectivity index (χ0) is 6.24. The van der Waals surface area contributed by atoms with E-state index in [1.165, 1.54) is 6.21 Å². The molecule has 3 heteroatoms. The maximum absolute atomic E-state index is 5.23. The van der Waals surface area contributed by atoms with Gasteiger partial charge in [0.05, 0.1) is 12.1 Å². The van der Waals surface area contributed by atoms with Crippen molar-refractivity contribution >= 4 is 17.8 Å². The Balaban J connectivity index is 2.90. The van der Waals surface area contributed by atoms with E-state index in [1.54, 1.807) is 6.08 Å². The van der Waals surface area contributed by atoms with Gasteiger partial charge < -0.3 is 4.84 Å². The van der Waals surface area contributed by atoms with Gasteiger partial charge in [-0.1, -0.05) is 17.8 Å². The number of halogens is 1. The highest BCUT2D eigenvalue weighted by atomic mass is 35.5. The van der Waals surface area contributed by atoms with Crippen LogP contribution in [0.3, 0.4) is 0 Å². The second-order valence-corrected chi connectivity index (χ2v) is 1.34. The number of nitrogens with zero attached hydrogens (tertiary/aromatic N) is 1. The summed E-state index contributed by atoms with van der Waals surface area (Å²) in [6.07, 6.45) is 3.09. The molecule has 0 fully saturated rings. The number of alkyl halides is 1. The Labute approximate surface area is 53.8 Å². The minimum absolute atomic E-state index is 0.386. The smallest absolute Gasteiger partial charge is 0.135 e. The summed E-state index contributed by atoms with van der Waals surface area (Å²) >= 11 is 5.23. The quantitative estimate of drug-likeness (QED) is 0.187. The summed E-state index contributed by atoms with van der Waals surface area (Å²) in [5, 5.41) is 3.45. The fraction of sp³-hybridized carbons (Fsp3) is 0.400. The lowest BCUT2D eigenvalue weighted by molar-refractivity contribution is 0.176. The highest BCUT2D eigenvalue weighted by Gasteiger charge is 1.69. The maximum atomic E-state index is 5.23. The Morgan fingerprint density at radius 2 is 2.50 bits per heavy atom. The maximum Gasteiger partial charge on any atom is 0.135 e. The molecule has 0 aliphatic carbocycles. The SMILES string of the molecule is C=CCON=CCCl. The van der Waals surface area contributed by atoms with Gasteiger partial charge in [0.2, 0.25) is 0 Å². The first-order chi connectivity index (χ1) is 3.91. The van der Waals surface area contributed by atoms with Crippen LogP contribution >= 0.6 is 11.6 Å². The molecule has 0 aliphatic rings. The number of hydrogen-bond donors (Lipinski definition) is 0. The van der Waals surface area contributed by atoms with Crippen molar-refractivity contribution in [1.29, 1.82) is 0 Å². The summed E-state index contributed by atoms with van der Waals surface area (Å²) in [6, 6.07) is 0. The van der Waals surface area contributed by atoms with E-state index in [-0.39, 0.29) is 0 Å². The Morgan fingerprint density at radius 3 is 3.00 bits per heavy atom. The van der Waals surface area contributed by atoms with Crippen molar-refractivity contribution in [1.82, 2.24) is 0 Å². The summed E-state index contributed by atoms with van der Waals surface area (Å²) in [5.41, 5.74) is 0. The van der Waals surface area contributed by atoms with Crippen LogP contribution in [-0.2, 0) is 4.84 Å². The van der Waals surface area contributed by atoms with Crippen LogP contribution in [0.5, 0.6) is 0 Å². The van der Waals surface area contributed by atoms with Gasteiger partial charge in [0, 0.05) is 0 Å². The normalized spacial score (nSPS) is 9.62. The predicted octanol–water partition coefficient (Wildman–Crippen LogP) is 1.41. The van der Waals surface area contributed by atoms with Crippen molar-refractivity contribution in [3.05, 3.63) is 12.7 Å². The molecule has 0 atom stereocenters. The molecule has 8 heavy (non-hydrogen) atoms. The molecule has 0 bridgehead atoms. The van der Waals surface area contributed by atoms with Gasteiger partial charge in [0.15, 0.2) is 0 Å². The van der Waals surface area contributed by atoms with Crippen LogP contribution in [0.25, 0.3) is 0 Å². The summed E-state index contributed by atoms with van der Waals surface area (Å²) in [7, 11) is 0. The van der Waals surface area contributed by atoms with E-state index in [0.29, 0.717) is 12.5 Å². The Morgan fingerprint density at radius 1 is 1.75 bits per heavy atom. The van der Waals surface area contributed by atoms with E-state index in [2.05, 4.69) is 16.6 Å². The van der Waals surface area contributed by atoms with Gasteiger partial charge in [0.25, 0.3) is 0 Å². The first-order valence-corrected chi connectivity index (χ1v) is 2.76. The fourth-order valence-electron chi connectivity index (χ4n) is 0.177. The minimum Gasteiger partial charge on any atom is -0.392 e. The van der Waals surface area contributed by atoms with Crippen molar-refractivity contribution in [2.45, 2.75) is 0 Å². The van der Waals surface area contributed by atoms with Crippen LogP contribution in [-0.4, -0.2) is 18.7 Å². The molecule has 0 radical (unpaired) electrons. The van der Waals surface area contributed by atoms with Crippen LogP contribution in [0.15, 0.2) is 17.8 Å². The zero-order valence-corrected chi connectivity index (χ0v) is 5.27. The molecule has 0 amide bonds. The summed E-state index contributed by atoms with van der Waals surface area (Å²) < 4.78 is 0. The number of hydrogen-bond acceptors (Lipinski definition) is 2. The first kappa shape index (κ1) is 7.50. The Kier molecular flexibility index (Phi) is 6.09. The number of oxime groups is 1. The molecule has 0 saturated heterocycles. The lowest BCUT2D eigenvalue weighted by Gasteiger charge is -1.87. The summed E-state index contributed by atoms with van der Waals surface area (Å²) in [4.78, 5) is 4.59. The summed E-state index contributed by atoms with van der Waals surface area (Å²) in [6.45, 7) is 3.86. The molecule has 0 saturated carbocycles. The third kappa shape index (κ3) is 5.50. The lowest BCUT2D eigenvalue weighted by Crippen LogP contribution is -1.81. The van der Waals surface area contributed by atoms with Crippen LogP contribution < -0.4 is 0 Å². The highest BCUT2D eigenvalue weighted by Crippen LogP contribution is 1.74. The van der Waals surface area contributed by atoms with Crippen molar-refractivity contribution in [3.8, 4) is 0 Å². The van der Waals surface area contributed by atoms with E-state index >= 15 is 0 Å². The van der Waals surface area contributed by atoms with E-state index in [1.807, 2.05) is 0 Å². The van der Waals surface area contributed by atoms with Crippen LogP contribution in [0.2, 0.25) is 0 Å². The van der Waals surface area contributed by atoms with Gasteiger partial charge in [-0.15, -0.1) is 11.6 Å². The molecule has 0 spiro atoms. The van der Waals surface area contributed by atoms with Crippen LogP contribution in [0, 0.1) is 0 Å². The van der Waals surface area contributed by atoms with Crippen LogP contribution in [0.1, 0.15) is 0 Å². The minimum atomic E-state index is 0.386. The molecular formula is C5H8ClNO. The first-order valence-electron chi connectivity index (χ1n) is 2.22. The van der Waals surface area contributed by atoms with E-state index in [4.69, 9.17) is 11.6 Å². The average molecular weight is 134 g/mol. The molecule has 46 valence electrons. The Hall–Kier alpha value is -0.500. The van der Waals surface area contributed by atoms with Gasteiger partial charge in [-0.2, -0.15) is 0 Å². The van der Waals surface area contributed by atoms with Crippen molar-refractivity contribution in [2.24, 2.45) is 5.16 Å². The van der Waals surface area contributed by atoms with Gasteiger partial charge in [-0.05, 0) is 0 Å². The van der Waals surface area contributed by atoms with Gasteiger partial charge in [-0.3, -0.25) is 0 Å². The average Bonchev–Trinajstić information content (AvgIpc) is 1.81. The zero-order valence-electron chi connectivity index (χ0n) is 4.51. The lowest BCUT2D eigenvalue weighted by atomic mass is 10.7. The van der Waals surface area contributed by atoms with Crippen molar-refractivity contribution in [3.63, 3.8) is 0 Å². The molecule has 0 heterocycles. The second kappa shape index (κ2) is 6.50. The predicted molar refractivity (Wildman–Crippen MR) is 35.4 cm³/mol. The summed E-state index contributed by atoms with van der Waals surface area (Å²) in [5.74, 6) is 0.386. The fourth-order valence-corrected chi connectivity index (χ4v) is 0.233. The molecule has 2 nitrogen and oxygen atoms in total. The third-order valence-corrected chi connectivity index (χ3v) is 0.548. The molecule has 0 N–H and O–H groups in total.